The van der Waals surface area contributed by atoms with E-state index >= 15 is 0 Å². The molecule has 94 valence electrons. The summed E-state index contributed by atoms with van der Waals surface area (Å²) in [5, 5.41) is 0. The molecule has 0 saturated carbocycles. The van der Waals surface area contributed by atoms with Crippen molar-refractivity contribution in [2.75, 3.05) is 26.3 Å². The molecule has 0 aromatic rings. The Morgan fingerprint density at radius 3 is 2.50 bits per heavy atom. The third kappa shape index (κ3) is 4.99. The van der Waals surface area contributed by atoms with Gasteiger partial charge in [0.15, 0.2) is 0 Å². The van der Waals surface area contributed by atoms with Crippen molar-refractivity contribution in [1.82, 2.24) is 4.90 Å². The van der Waals surface area contributed by atoms with Crippen LogP contribution in [0.5, 0.6) is 0 Å². The molecule has 0 atom stereocenters. The van der Waals surface area contributed by atoms with Gasteiger partial charge in [-0.25, -0.2) is 0 Å². The lowest BCUT2D eigenvalue weighted by Crippen LogP contribution is -2.41. The van der Waals surface area contributed by atoms with Crippen LogP contribution in [0.15, 0.2) is 12.3 Å². The van der Waals surface area contributed by atoms with E-state index in [1.165, 1.54) is 0 Å². The number of piperidine rings is 1. The van der Waals surface area contributed by atoms with Crippen molar-refractivity contribution in [3.8, 4) is 0 Å². The van der Waals surface area contributed by atoms with Crippen molar-refractivity contribution < 1.29 is 9.47 Å². The van der Waals surface area contributed by atoms with Gasteiger partial charge in [-0.15, -0.1) is 0 Å². The van der Waals surface area contributed by atoms with Crippen LogP contribution in [0.3, 0.4) is 0 Å². The first-order valence-corrected chi connectivity index (χ1v) is 6.32. The van der Waals surface area contributed by atoms with Crippen molar-refractivity contribution in [2.45, 2.75) is 45.8 Å². The second kappa shape index (κ2) is 7.69. The van der Waals surface area contributed by atoms with E-state index in [2.05, 4.69) is 18.7 Å². The zero-order valence-electron chi connectivity index (χ0n) is 10.8. The van der Waals surface area contributed by atoms with Crippen LogP contribution in [0.25, 0.3) is 0 Å². The van der Waals surface area contributed by atoms with Gasteiger partial charge in [-0.2, -0.15) is 0 Å². The average molecular weight is 227 g/mol. The number of nitrogens with zero attached hydrogens (tertiary/aromatic N) is 1. The first-order chi connectivity index (χ1) is 7.74. The first-order valence-electron chi connectivity index (χ1n) is 6.32. The van der Waals surface area contributed by atoms with E-state index in [1.54, 1.807) is 6.26 Å². The third-order valence-electron chi connectivity index (χ3n) is 2.99. The third-order valence-corrected chi connectivity index (χ3v) is 2.99. The Balaban J connectivity index is 2.04. The molecule has 0 bridgehead atoms. The largest absolute Gasteiger partial charge is 0.499 e. The fourth-order valence-electron chi connectivity index (χ4n) is 1.99. The number of rotatable bonds is 6. The van der Waals surface area contributed by atoms with Crippen molar-refractivity contribution in [2.24, 2.45) is 0 Å². The monoisotopic (exact) mass is 227 g/mol. The van der Waals surface area contributed by atoms with E-state index in [0.29, 0.717) is 25.4 Å². The smallest absolute Gasteiger partial charge is 0.111 e. The summed E-state index contributed by atoms with van der Waals surface area (Å²) in [5.41, 5.74) is 0. The summed E-state index contributed by atoms with van der Waals surface area (Å²) in [4.78, 5) is 2.51. The molecule has 0 unspecified atom stereocenters. The van der Waals surface area contributed by atoms with Gasteiger partial charge in [0, 0.05) is 19.1 Å². The summed E-state index contributed by atoms with van der Waals surface area (Å²) in [7, 11) is 0. The number of likely N-dealkylation sites (tertiary alicyclic amines) is 1. The summed E-state index contributed by atoms with van der Waals surface area (Å²) in [6.45, 7) is 10.2. The fraction of sp³-hybridized carbons (Fsp3) is 0.846. The van der Waals surface area contributed by atoms with Gasteiger partial charge in [-0.05, 0) is 33.6 Å². The lowest BCUT2D eigenvalue weighted by molar-refractivity contribution is -0.0145. The molecule has 0 radical (unpaired) electrons. The van der Waals surface area contributed by atoms with Gasteiger partial charge in [-0.1, -0.05) is 6.08 Å². The Kier molecular flexibility index (Phi) is 6.50. The van der Waals surface area contributed by atoms with Gasteiger partial charge in [0.1, 0.15) is 6.61 Å². The predicted molar refractivity (Wildman–Crippen MR) is 66.4 cm³/mol. The maximum atomic E-state index is 5.77. The van der Waals surface area contributed by atoms with Gasteiger partial charge in [0.05, 0.1) is 19.0 Å². The van der Waals surface area contributed by atoms with E-state index in [-0.39, 0.29) is 0 Å². The van der Waals surface area contributed by atoms with Crippen LogP contribution < -0.4 is 0 Å². The van der Waals surface area contributed by atoms with Gasteiger partial charge >= 0.3 is 0 Å². The molecular weight excluding hydrogens is 202 g/mol. The highest BCUT2D eigenvalue weighted by Crippen LogP contribution is 2.15. The van der Waals surface area contributed by atoms with Crippen LogP contribution in [0.2, 0.25) is 0 Å². The van der Waals surface area contributed by atoms with E-state index in [1.807, 2.05) is 13.0 Å². The highest BCUT2D eigenvalue weighted by atomic mass is 16.5. The van der Waals surface area contributed by atoms with Gasteiger partial charge < -0.3 is 14.4 Å². The number of ether oxygens (including phenoxy) is 2. The Bertz CT molecular complexity index is 196. The zero-order valence-corrected chi connectivity index (χ0v) is 10.8. The van der Waals surface area contributed by atoms with Crippen LogP contribution in [-0.4, -0.2) is 43.3 Å². The topological polar surface area (TPSA) is 21.7 Å². The van der Waals surface area contributed by atoms with E-state index in [0.717, 1.165) is 25.9 Å². The van der Waals surface area contributed by atoms with Crippen LogP contribution in [0.1, 0.15) is 33.6 Å². The lowest BCUT2D eigenvalue weighted by atomic mass is 10.1. The van der Waals surface area contributed by atoms with Gasteiger partial charge in [0.25, 0.3) is 0 Å². The maximum absolute atomic E-state index is 5.77. The molecule has 0 N–H and O–H groups in total. The lowest BCUT2D eigenvalue weighted by Gasteiger charge is -2.34. The Morgan fingerprint density at radius 2 is 1.94 bits per heavy atom. The molecule has 16 heavy (non-hydrogen) atoms. The van der Waals surface area contributed by atoms with Crippen LogP contribution in [0.4, 0.5) is 0 Å². The summed E-state index contributed by atoms with van der Waals surface area (Å²) in [6.07, 6.45) is 6.35. The van der Waals surface area contributed by atoms with Crippen molar-refractivity contribution in [1.29, 1.82) is 0 Å². The number of hydrogen-bond acceptors (Lipinski definition) is 3. The van der Waals surface area contributed by atoms with Gasteiger partial charge in [-0.3, -0.25) is 0 Å². The van der Waals surface area contributed by atoms with Crippen LogP contribution >= 0.6 is 0 Å². The molecule has 0 aliphatic carbocycles. The van der Waals surface area contributed by atoms with Crippen molar-refractivity contribution in [3.05, 3.63) is 12.3 Å². The molecular formula is C13H25NO2. The highest BCUT2D eigenvalue weighted by molar-refractivity contribution is 4.74. The average Bonchev–Trinajstić information content (AvgIpc) is 2.29. The molecule has 1 rings (SSSR count). The second-order valence-electron chi connectivity index (χ2n) is 4.54. The Morgan fingerprint density at radius 1 is 1.25 bits per heavy atom. The molecule has 1 heterocycles. The minimum atomic E-state index is 0.434. The Hall–Kier alpha value is -0.540. The standard InChI is InChI=1S/C13H25NO2/c1-4-9-15-10-11-16-13-5-7-14(8-6-13)12(2)3/h4,9,12-13H,5-8,10-11H2,1-3H3. The summed E-state index contributed by atoms with van der Waals surface area (Å²) in [5.74, 6) is 0. The number of allylic oxidation sites excluding steroid dienone is 1. The summed E-state index contributed by atoms with van der Waals surface area (Å²) >= 11 is 0. The molecule has 3 heteroatoms. The van der Waals surface area contributed by atoms with Crippen LogP contribution in [-0.2, 0) is 9.47 Å². The molecule has 1 aliphatic rings. The molecule has 1 fully saturated rings. The number of hydrogen-bond donors (Lipinski definition) is 0. The molecule has 1 aliphatic heterocycles. The van der Waals surface area contributed by atoms with E-state index in [9.17, 15) is 0 Å². The molecule has 0 aromatic heterocycles. The van der Waals surface area contributed by atoms with Gasteiger partial charge in [0.2, 0.25) is 0 Å². The van der Waals surface area contributed by atoms with E-state index < -0.39 is 0 Å². The minimum Gasteiger partial charge on any atom is -0.499 e. The molecule has 1 saturated heterocycles. The maximum Gasteiger partial charge on any atom is 0.111 e. The fourth-order valence-corrected chi connectivity index (χ4v) is 1.99. The van der Waals surface area contributed by atoms with Crippen LogP contribution in [0, 0.1) is 0 Å². The van der Waals surface area contributed by atoms with Crippen molar-refractivity contribution in [3.63, 3.8) is 0 Å². The molecule has 0 amide bonds. The highest BCUT2D eigenvalue weighted by Gasteiger charge is 2.20. The Labute approximate surface area is 99.4 Å². The SMILES string of the molecule is CC=COCCOC1CCN(C(C)C)CC1. The quantitative estimate of drug-likeness (QED) is 0.514. The second-order valence-corrected chi connectivity index (χ2v) is 4.54. The predicted octanol–water partition coefficient (Wildman–Crippen LogP) is 2.43. The minimum absolute atomic E-state index is 0.434. The van der Waals surface area contributed by atoms with Crippen molar-refractivity contribution >= 4 is 0 Å². The molecule has 3 nitrogen and oxygen atoms in total. The zero-order chi connectivity index (χ0) is 11.8. The van der Waals surface area contributed by atoms with E-state index in [4.69, 9.17) is 9.47 Å². The summed E-state index contributed by atoms with van der Waals surface area (Å²) < 4.78 is 11.0. The first kappa shape index (κ1) is 13.5. The molecule has 0 aromatic carbocycles. The summed E-state index contributed by atoms with van der Waals surface area (Å²) in [6, 6.07) is 0.666. The molecule has 0 spiro atoms. The normalized spacial score (nSPS) is 19.8.